The van der Waals surface area contributed by atoms with Gasteiger partial charge in [0, 0.05) is 28.2 Å². The maximum Gasteiger partial charge on any atom is 0.227 e. The third kappa shape index (κ3) is 5.20. The minimum atomic E-state index is 0.0417. The molecular weight excluding hydrogens is 627 g/mol. The van der Waals surface area contributed by atoms with Crippen molar-refractivity contribution in [2.45, 2.75) is 0 Å². The quantitative estimate of drug-likeness (QED) is 0.178. The molecule has 0 fully saturated rings. The van der Waals surface area contributed by atoms with E-state index in [1.807, 2.05) is 144 Å². The Hall–Kier alpha value is -6.98. The summed E-state index contributed by atoms with van der Waals surface area (Å²) in [5, 5.41) is 2.49. The molecule has 0 aliphatic rings. The number of para-hydroxylation sites is 4. The Labute approximate surface area is 299 Å². The van der Waals surface area contributed by atoms with Crippen LogP contribution in [0.5, 0.6) is 0 Å². The molecule has 5 heteroatoms. The maximum atomic E-state index is 9.61. The molecule has 51 heavy (non-hydrogen) atoms. The third-order valence-corrected chi connectivity index (χ3v) is 9.13. The fourth-order valence-electron chi connectivity index (χ4n) is 6.61. The molecule has 0 bridgehead atoms. The molecule has 5 nitrogen and oxygen atoms in total. The SMILES string of the molecule is [2H]c1cc(N(c2ccc(-c3nc4ccccc4o3)cc2)c2ccc(-c3nc4ccccc4o3)cc2)c([2H])c2c([2H])cc(-c3cccc4ccccc34)c([2H])c12. The van der Waals surface area contributed by atoms with Gasteiger partial charge in [-0.1, -0.05) is 84.9 Å². The monoisotopic (exact) mass is 659 g/mol. The Morgan fingerprint density at radius 2 is 0.980 bits per heavy atom. The van der Waals surface area contributed by atoms with Crippen molar-refractivity contribution in [1.29, 1.82) is 0 Å². The van der Waals surface area contributed by atoms with E-state index in [2.05, 4.69) is 9.97 Å². The van der Waals surface area contributed by atoms with Gasteiger partial charge in [-0.15, -0.1) is 0 Å². The van der Waals surface area contributed by atoms with Gasteiger partial charge in [-0.05, 0) is 124 Å². The number of aromatic nitrogens is 2. The Kier molecular flexibility index (Phi) is 5.83. The first kappa shape index (κ1) is 25.1. The van der Waals surface area contributed by atoms with Gasteiger partial charge in [0.1, 0.15) is 11.0 Å². The first-order valence-corrected chi connectivity index (χ1v) is 16.7. The van der Waals surface area contributed by atoms with E-state index in [1.54, 1.807) is 12.1 Å². The molecule has 0 aliphatic carbocycles. The molecule has 8 aromatic carbocycles. The van der Waals surface area contributed by atoms with E-state index in [1.165, 1.54) is 0 Å². The van der Waals surface area contributed by atoms with Crippen molar-refractivity contribution in [2.24, 2.45) is 0 Å². The molecule has 0 unspecified atom stereocenters. The standard InChI is InChI=1S/C46H29N3O2/c1-2-10-39-30(8-1)9-7-11-40(39)35-17-16-34-29-38(27-22-33(34)28-35)49(36-23-18-31(19-24-36)45-47-41-12-3-5-14-43(41)50-45)37-25-20-32(21-26-37)46-48-42-13-4-6-15-44(42)51-46/h1-29H/i16D,22D,28D,29D. The predicted octanol–water partition coefficient (Wildman–Crippen LogP) is 12.7. The fourth-order valence-corrected chi connectivity index (χ4v) is 6.61. The summed E-state index contributed by atoms with van der Waals surface area (Å²) in [4.78, 5) is 11.2. The lowest BCUT2D eigenvalue weighted by Gasteiger charge is -2.26. The molecule has 0 atom stereocenters. The molecule has 10 aromatic rings. The summed E-state index contributed by atoms with van der Waals surface area (Å²) in [5.74, 6) is 0.984. The van der Waals surface area contributed by atoms with E-state index in [0.29, 0.717) is 45.6 Å². The summed E-state index contributed by atoms with van der Waals surface area (Å²) < 4.78 is 49.6. The van der Waals surface area contributed by atoms with Gasteiger partial charge in [0.05, 0.1) is 5.48 Å². The predicted molar refractivity (Wildman–Crippen MR) is 208 cm³/mol. The number of fused-ring (bicyclic) bond motifs is 4. The average Bonchev–Trinajstić information content (AvgIpc) is 3.86. The molecular formula is C46H29N3O2. The van der Waals surface area contributed by atoms with Crippen LogP contribution in [0.25, 0.3) is 77.8 Å². The fraction of sp³-hybridized carbons (Fsp3) is 0. The van der Waals surface area contributed by atoms with Crippen molar-refractivity contribution in [1.82, 2.24) is 9.97 Å². The number of hydrogen-bond acceptors (Lipinski definition) is 5. The summed E-state index contributed by atoms with van der Waals surface area (Å²) in [5.41, 5.74) is 7.69. The molecule has 0 aliphatic heterocycles. The molecule has 0 saturated heterocycles. The van der Waals surface area contributed by atoms with Crippen molar-refractivity contribution in [3.05, 3.63) is 176 Å². The van der Waals surface area contributed by atoms with Gasteiger partial charge in [0.25, 0.3) is 0 Å². The Morgan fingerprint density at radius 1 is 0.431 bits per heavy atom. The van der Waals surface area contributed by atoms with E-state index >= 15 is 0 Å². The highest BCUT2D eigenvalue weighted by molar-refractivity contribution is 6.00. The van der Waals surface area contributed by atoms with Gasteiger partial charge in [-0.3, -0.25) is 0 Å². The average molecular weight is 660 g/mol. The third-order valence-electron chi connectivity index (χ3n) is 9.13. The van der Waals surface area contributed by atoms with Crippen molar-refractivity contribution in [3.63, 3.8) is 0 Å². The highest BCUT2D eigenvalue weighted by Crippen LogP contribution is 2.39. The topological polar surface area (TPSA) is 55.3 Å². The summed E-state index contributed by atoms with van der Waals surface area (Å²) in [6.45, 7) is 0. The highest BCUT2D eigenvalue weighted by Gasteiger charge is 2.17. The summed E-state index contributed by atoms with van der Waals surface area (Å²) in [7, 11) is 0. The molecule has 2 heterocycles. The van der Waals surface area contributed by atoms with Crippen LogP contribution in [0.3, 0.4) is 0 Å². The van der Waals surface area contributed by atoms with Crippen LogP contribution >= 0.6 is 0 Å². The minimum Gasteiger partial charge on any atom is -0.436 e. The van der Waals surface area contributed by atoms with Gasteiger partial charge in [-0.2, -0.15) is 0 Å². The zero-order chi connectivity index (χ0) is 37.2. The normalized spacial score (nSPS) is 12.6. The lowest BCUT2D eigenvalue weighted by Crippen LogP contribution is -2.09. The van der Waals surface area contributed by atoms with Crippen LogP contribution in [-0.4, -0.2) is 9.97 Å². The zero-order valence-electron chi connectivity index (χ0n) is 31.1. The van der Waals surface area contributed by atoms with Crippen molar-refractivity contribution >= 4 is 60.8 Å². The first-order valence-electron chi connectivity index (χ1n) is 18.7. The summed E-state index contributed by atoms with van der Waals surface area (Å²) >= 11 is 0. The zero-order valence-corrected chi connectivity index (χ0v) is 27.1. The van der Waals surface area contributed by atoms with E-state index in [4.69, 9.17) is 8.83 Å². The number of hydrogen-bond donors (Lipinski definition) is 0. The van der Waals surface area contributed by atoms with E-state index in [-0.39, 0.29) is 34.9 Å². The molecule has 0 saturated carbocycles. The van der Waals surface area contributed by atoms with Crippen LogP contribution in [0.1, 0.15) is 5.48 Å². The second-order valence-corrected chi connectivity index (χ2v) is 12.3. The van der Waals surface area contributed by atoms with Crippen molar-refractivity contribution < 1.29 is 14.3 Å². The van der Waals surface area contributed by atoms with Crippen LogP contribution in [-0.2, 0) is 0 Å². The number of rotatable bonds is 6. The summed E-state index contributed by atoms with van der Waals surface area (Å²) in [6, 6.07) is 48.0. The molecule has 240 valence electrons. The lowest BCUT2D eigenvalue weighted by atomic mass is 9.96. The van der Waals surface area contributed by atoms with E-state index in [9.17, 15) is 5.48 Å². The Balaban J connectivity index is 1.12. The maximum absolute atomic E-state index is 9.61. The number of nitrogens with zero attached hydrogens (tertiary/aromatic N) is 3. The Bertz CT molecular complexity index is 2910. The van der Waals surface area contributed by atoms with Crippen LogP contribution in [0.4, 0.5) is 17.1 Å². The molecule has 10 rings (SSSR count). The largest absolute Gasteiger partial charge is 0.436 e. The van der Waals surface area contributed by atoms with E-state index in [0.717, 1.165) is 38.5 Å². The molecule has 0 amide bonds. The van der Waals surface area contributed by atoms with E-state index < -0.39 is 0 Å². The lowest BCUT2D eigenvalue weighted by molar-refractivity contribution is 0.619. The van der Waals surface area contributed by atoms with Gasteiger partial charge >= 0.3 is 0 Å². The van der Waals surface area contributed by atoms with Gasteiger partial charge in [0.2, 0.25) is 11.8 Å². The molecule has 0 radical (unpaired) electrons. The molecule has 0 spiro atoms. The second-order valence-electron chi connectivity index (χ2n) is 12.3. The van der Waals surface area contributed by atoms with Crippen molar-refractivity contribution in [3.8, 4) is 34.0 Å². The number of benzene rings is 8. The van der Waals surface area contributed by atoms with Crippen LogP contribution in [0.15, 0.2) is 185 Å². The minimum absolute atomic E-state index is 0.0417. The van der Waals surface area contributed by atoms with Gasteiger partial charge < -0.3 is 13.7 Å². The molecule has 0 N–H and O–H groups in total. The first-order chi connectivity index (χ1) is 26.9. The number of anilines is 3. The smallest absolute Gasteiger partial charge is 0.227 e. The van der Waals surface area contributed by atoms with Gasteiger partial charge in [-0.25, -0.2) is 9.97 Å². The van der Waals surface area contributed by atoms with Gasteiger partial charge in [0.15, 0.2) is 11.2 Å². The van der Waals surface area contributed by atoms with Crippen LogP contribution in [0, 0.1) is 0 Å². The summed E-state index contributed by atoms with van der Waals surface area (Å²) in [6.07, 6.45) is 0. The highest BCUT2D eigenvalue weighted by atomic mass is 16.4. The van der Waals surface area contributed by atoms with Crippen LogP contribution in [0.2, 0.25) is 0 Å². The molecule has 2 aromatic heterocycles. The van der Waals surface area contributed by atoms with Crippen LogP contribution < -0.4 is 4.90 Å². The second kappa shape index (κ2) is 11.9. The number of oxazole rings is 2. The Morgan fingerprint density at radius 3 is 1.63 bits per heavy atom. The van der Waals surface area contributed by atoms with Crippen molar-refractivity contribution in [2.75, 3.05) is 4.90 Å².